The Labute approximate surface area is 86.0 Å². The predicted molar refractivity (Wildman–Crippen MR) is 42.8 cm³/mol. The topological polar surface area (TPSA) is 29.9 Å². The molecule has 92 valence electrons. The van der Waals surface area contributed by atoms with E-state index in [0.29, 0.717) is 6.20 Å². The molecule has 3 nitrogen and oxygen atoms in total. The van der Waals surface area contributed by atoms with E-state index in [0.717, 1.165) is 0 Å². The number of halogens is 6. The normalized spacial score (nSPS) is 12.9. The maximum atomic E-state index is 12.3. The van der Waals surface area contributed by atoms with Crippen molar-refractivity contribution in [3.8, 4) is 0 Å². The largest absolute Gasteiger partial charge is 0.437 e. The number of nitrogens with one attached hydrogen (secondary N) is 1. The van der Waals surface area contributed by atoms with Crippen LogP contribution in [0.15, 0.2) is 6.20 Å². The van der Waals surface area contributed by atoms with Gasteiger partial charge in [0.15, 0.2) is 5.69 Å². The first-order chi connectivity index (χ1) is 7.13. The fourth-order valence-corrected chi connectivity index (χ4v) is 1.08. The van der Waals surface area contributed by atoms with Crippen molar-refractivity contribution in [1.29, 1.82) is 0 Å². The van der Waals surface area contributed by atoms with Crippen molar-refractivity contribution < 1.29 is 26.3 Å². The van der Waals surface area contributed by atoms with Gasteiger partial charge in [-0.1, -0.05) is 0 Å². The maximum Gasteiger partial charge on any atom is 0.437 e. The Hall–Kier alpha value is -1.41. The first kappa shape index (κ1) is 12.7. The molecular weight excluding hydrogens is 240 g/mol. The monoisotopic (exact) mass is 247 g/mol. The van der Waals surface area contributed by atoms with Gasteiger partial charge in [0.1, 0.15) is 6.54 Å². The molecule has 1 aromatic heterocycles. The summed E-state index contributed by atoms with van der Waals surface area (Å²) in [5.74, 6) is 0. The predicted octanol–water partition coefficient (Wildman–Crippen LogP) is 2.51. The maximum absolute atomic E-state index is 12.3. The van der Waals surface area contributed by atoms with Gasteiger partial charge in [-0.2, -0.15) is 31.4 Å². The third kappa shape index (κ3) is 3.04. The Morgan fingerprint density at radius 1 is 1.25 bits per heavy atom. The van der Waals surface area contributed by atoms with Crippen LogP contribution in [0.5, 0.6) is 0 Å². The molecule has 0 radical (unpaired) electrons. The molecule has 0 amide bonds. The molecule has 0 unspecified atom stereocenters. The summed E-state index contributed by atoms with van der Waals surface area (Å²) in [5, 5.41) is 4.98. The fraction of sp³-hybridized carbons (Fsp3) is 0.571. The first-order valence-electron chi connectivity index (χ1n) is 4.02. The number of alkyl halides is 6. The second-order valence-corrected chi connectivity index (χ2v) is 2.95. The van der Waals surface area contributed by atoms with Crippen molar-refractivity contribution in [3.63, 3.8) is 0 Å². The molecule has 0 fully saturated rings. The average molecular weight is 247 g/mol. The minimum absolute atomic E-state index is 0.203. The molecule has 0 bridgehead atoms. The van der Waals surface area contributed by atoms with E-state index in [1.807, 2.05) is 0 Å². The van der Waals surface area contributed by atoms with Crippen molar-refractivity contribution >= 4 is 5.69 Å². The van der Waals surface area contributed by atoms with Gasteiger partial charge in [-0.15, -0.1) is 0 Å². The second-order valence-electron chi connectivity index (χ2n) is 2.95. The molecule has 0 aromatic carbocycles. The van der Waals surface area contributed by atoms with Crippen molar-refractivity contribution in [3.05, 3.63) is 11.9 Å². The van der Waals surface area contributed by atoms with E-state index >= 15 is 0 Å². The highest BCUT2D eigenvalue weighted by Crippen LogP contribution is 2.33. The van der Waals surface area contributed by atoms with Crippen LogP contribution in [-0.4, -0.2) is 23.0 Å². The molecular formula is C7H7F6N3. The summed E-state index contributed by atoms with van der Waals surface area (Å²) in [6.07, 6.45) is -8.73. The van der Waals surface area contributed by atoms with Crippen LogP contribution >= 0.6 is 0 Å². The third-order valence-corrected chi connectivity index (χ3v) is 1.64. The zero-order chi connectivity index (χ0) is 12.6. The summed E-state index contributed by atoms with van der Waals surface area (Å²) in [6, 6.07) is 0. The molecule has 16 heavy (non-hydrogen) atoms. The zero-order valence-electron chi connectivity index (χ0n) is 7.95. The smallest absolute Gasteiger partial charge is 0.385 e. The Morgan fingerprint density at radius 3 is 2.12 bits per heavy atom. The summed E-state index contributed by atoms with van der Waals surface area (Å²) < 4.78 is 72.8. The van der Waals surface area contributed by atoms with Crippen LogP contribution in [0.1, 0.15) is 5.69 Å². The van der Waals surface area contributed by atoms with Crippen LogP contribution in [0, 0.1) is 0 Å². The van der Waals surface area contributed by atoms with E-state index in [2.05, 4.69) is 10.4 Å². The third-order valence-electron chi connectivity index (χ3n) is 1.64. The van der Waals surface area contributed by atoms with Gasteiger partial charge in [0.25, 0.3) is 0 Å². The summed E-state index contributed by atoms with van der Waals surface area (Å²) >= 11 is 0. The van der Waals surface area contributed by atoms with Gasteiger partial charge >= 0.3 is 12.4 Å². The van der Waals surface area contributed by atoms with Crippen molar-refractivity contribution in [2.75, 3.05) is 12.4 Å². The summed E-state index contributed by atoms with van der Waals surface area (Å²) in [5.41, 5.74) is -1.85. The zero-order valence-corrected chi connectivity index (χ0v) is 7.95. The van der Waals surface area contributed by atoms with Gasteiger partial charge in [-0.3, -0.25) is 4.68 Å². The molecule has 9 heteroatoms. The number of hydrogen-bond donors (Lipinski definition) is 1. The fourth-order valence-electron chi connectivity index (χ4n) is 1.08. The van der Waals surface area contributed by atoms with E-state index in [4.69, 9.17) is 0 Å². The molecule has 1 aromatic rings. The molecule has 0 aliphatic carbocycles. The van der Waals surface area contributed by atoms with Crippen LogP contribution < -0.4 is 5.32 Å². The van der Waals surface area contributed by atoms with Gasteiger partial charge in [-0.05, 0) is 0 Å². The average Bonchev–Trinajstić information content (AvgIpc) is 2.43. The van der Waals surface area contributed by atoms with Crippen LogP contribution in [0.3, 0.4) is 0 Å². The van der Waals surface area contributed by atoms with E-state index in [1.54, 1.807) is 0 Å². The summed E-state index contributed by atoms with van der Waals surface area (Å²) in [7, 11) is 1.17. The van der Waals surface area contributed by atoms with Gasteiger partial charge in [0.2, 0.25) is 0 Å². The highest BCUT2D eigenvalue weighted by Gasteiger charge is 2.38. The number of aromatic nitrogens is 2. The van der Waals surface area contributed by atoms with Crippen LogP contribution in [0.4, 0.5) is 32.0 Å². The second kappa shape index (κ2) is 3.87. The lowest BCUT2D eigenvalue weighted by Gasteiger charge is -2.06. The van der Waals surface area contributed by atoms with Gasteiger partial charge in [0, 0.05) is 13.2 Å². The molecule has 0 aliphatic heterocycles. The number of hydrogen-bond acceptors (Lipinski definition) is 2. The number of nitrogens with zero attached hydrogens (tertiary/aromatic N) is 2. The van der Waals surface area contributed by atoms with Gasteiger partial charge in [0.05, 0.1) is 5.69 Å². The Bertz CT molecular complexity index is 363. The summed E-state index contributed by atoms with van der Waals surface area (Å²) in [4.78, 5) is 0. The van der Waals surface area contributed by atoms with Crippen molar-refractivity contribution in [2.45, 2.75) is 18.9 Å². The number of anilines is 1. The van der Waals surface area contributed by atoms with E-state index in [1.165, 1.54) is 7.05 Å². The minimum Gasteiger partial charge on any atom is -0.385 e. The van der Waals surface area contributed by atoms with Gasteiger partial charge < -0.3 is 5.32 Å². The standard InChI is InChI=1S/C7H7F6N3/c1-14-4-2-16(3-6(8,9)10)15-5(4)7(11,12)13/h2,14H,3H2,1H3. The molecule has 0 spiro atoms. The molecule has 1 heterocycles. The lowest BCUT2D eigenvalue weighted by atomic mass is 10.3. The van der Waals surface area contributed by atoms with Crippen molar-refractivity contribution in [1.82, 2.24) is 9.78 Å². The molecule has 0 atom stereocenters. The lowest BCUT2D eigenvalue weighted by molar-refractivity contribution is -0.148. The Kier molecular flexibility index (Phi) is 3.06. The highest BCUT2D eigenvalue weighted by molar-refractivity contribution is 5.47. The summed E-state index contributed by atoms with van der Waals surface area (Å²) in [6.45, 7) is -1.56. The SMILES string of the molecule is CNc1cn(CC(F)(F)F)nc1C(F)(F)F. The highest BCUT2D eigenvalue weighted by atomic mass is 19.4. The van der Waals surface area contributed by atoms with E-state index < -0.39 is 30.3 Å². The van der Waals surface area contributed by atoms with E-state index in [-0.39, 0.29) is 4.68 Å². The van der Waals surface area contributed by atoms with Crippen LogP contribution in [0.25, 0.3) is 0 Å². The van der Waals surface area contributed by atoms with Crippen LogP contribution in [0.2, 0.25) is 0 Å². The molecule has 0 aliphatic rings. The van der Waals surface area contributed by atoms with Crippen LogP contribution in [-0.2, 0) is 12.7 Å². The first-order valence-corrected chi connectivity index (χ1v) is 4.02. The Morgan fingerprint density at radius 2 is 1.81 bits per heavy atom. The lowest BCUT2D eigenvalue weighted by Crippen LogP contribution is -2.18. The quantitative estimate of drug-likeness (QED) is 0.814. The minimum atomic E-state index is -4.78. The Balaban J connectivity index is 3.04. The molecule has 1 rings (SSSR count). The van der Waals surface area contributed by atoms with E-state index in [9.17, 15) is 26.3 Å². The van der Waals surface area contributed by atoms with Crippen molar-refractivity contribution in [2.24, 2.45) is 0 Å². The molecule has 0 saturated heterocycles. The van der Waals surface area contributed by atoms with Gasteiger partial charge in [-0.25, -0.2) is 0 Å². The number of rotatable bonds is 2. The molecule has 1 N–H and O–H groups in total. The molecule has 0 saturated carbocycles.